The number of nitrogens with one attached hydrogen (secondary N) is 1. The summed E-state index contributed by atoms with van der Waals surface area (Å²) < 4.78 is 13.1. The van der Waals surface area contributed by atoms with Crippen LogP contribution in [0.25, 0.3) is 0 Å². The van der Waals surface area contributed by atoms with E-state index in [0.717, 1.165) is 10.5 Å². The van der Waals surface area contributed by atoms with Crippen LogP contribution in [0.5, 0.6) is 0 Å². The molecule has 1 fully saturated rings. The number of anilines is 1. The zero-order valence-corrected chi connectivity index (χ0v) is 16.1. The number of hydrogen-bond acceptors (Lipinski definition) is 3. The highest BCUT2D eigenvalue weighted by Gasteiger charge is 2.44. The lowest BCUT2D eigenvalue weighted by molar-refractivity contribution is -0.132. The molecule has 3 rings (SSSR count). The molecule has 1 aliphatic heterocycles. The summed E-state index contributed by atoms with van der Waals surface area (Å²) in [4.78, 5) is 39.7. The van der Waals surface area contributed by atoms with E-state index in [1.807, 2.05) is 0 Å². The second-order valence-electron chi connectivity index (χ2n) is 6.57. The lowest BCUT2D eigenvalue weighted by atomic mass is 10.1. The molecule has 2 aromatic carbocycles. The van der Waals surface area contributed by atoms with E-state index in [9.17, 15) is 18.8 Å². The number of halogens is 2. The summed E-state index contributed by atoms with van der Waals surface area (Å²) in [5, 5.41) is 3.35. The molecule has 0 radical (unpaired) electrons. The van der Waals surface area contributed by atoms with E-state index in [0.29, 0.717) is 10.7 Å². The van der Waals surface area contributed by atoms with Gasteiger partial charge in [0.1, 0.15) is 18.4 Å². The van der Waals surface area contributed by atoms with E-state index < -0.39 is 36.2 Å². The number of imide groups is 1. The number of amides is 4. The summed E-state index contributed by atoms with van der Waals surface area (Å²) in [6.45, 7) is 2.97. The van der Waals surface area contributed by atoms with Gasteiger partial charge in [-0.15, -0.1) is 0 Å². The number of benzene rings is 2. The predicted octanol–water partition coefficient (Wildman–Crippen LogP) is 3.51. The number of nitrogens with zero attached hydrogens (tertiary/aromatic N) is 2. The van der Waals surface area contributed by atoms with Crippen molar-refractivity contribution >= 4 is 35.1 Å². The minimum Gasteiger partial charge on any atom is -0.348 e. The normalized spacial score (nSPS) is 17.8. The molecule has 0 unspecified atom stereocenters. The van der Waals surface area contributed by atoms with Crippen molar-refractivity contribution in [2.24, 2.45) is 0 Å². The van der Waals surface area contributed by atoms with Crippen LogP contribution < -0.4 is 10.2 Å². The molecule has 1 aliphatic rings. The van der Waals surface area contributed by atoms with Crippen LogP contribution in [0, 0.1) is 5.82 Å². The fraction of sp³-hybridized carbons (Fsp3) is 0.250. The van der Waals surface area contributed by atoms with Crippen molar-refractivity contribution in [1.29, 1.82) is 0 Å². The Hall–Kier alpha value is -2.93. The summed E-state index contributed by atoms with van der Waals surface area (Å²) in [6, 6.07) is 10.6. The molecule has 4 amide bonds. The van der Waals surface area contributed by atoms with Gasteiger partial charge in [0, 0.05) is 10.7 Å². The predicted molar refractivity (Wildman–Crippen MR) is 103 cm³/mol. The fourth-order valence-corrected chi connectivity index (χ4v) is 3.20. The van der Waals surface area contributed by atoms with Crippen molar-refractivity contribution < 1.29 is 18.8 Å². The van der Waals surface area contributed by atoms with Crippen LogP contribution in [0.3, 0.4) is 0 Å². The molecule has 0 aromatic heterocycles. The Morgan fingerprint density at radius 3 is 2.36 bits per heavy atom. The molecule has 2 atom stereocenters. The summed E-state index contributed by atoms with van der Waals surface area (Å²) in [5.41, 5.74) is 1.24. The van der Waals surface area contributed by atoms with Crippen LogP contribution in [0.1, 0.15) is 25.5 Å². The van der Waals surface area contributed by atoms with E-state index in [2.05, 4.69) is 5.32 Å². The summed E-state index contributed by atoms with van der Waals surface area (Å²) in [6.07, 6.45) is 0. The minimum absolute atomic E-state index is 0.316. The molecule has 0 spiro atoms. The van der Waals surface area contributed by atoms with Gasteiger partial charge in [0.25, 0.3) is 5.91 Å². The third-order valence-corrected chi connectivity index (χ3v) is 4.85. The standard InChI is InChI=1S/C20H19ClFN3O3/c1-12(14-3-5-15(21)6-4-14)23-18(26)11-24-19(27)13(2)25(20(24)28)17-9-7-16(22)8-10-17/h3-10,12-13H,11H2,1-2H3,(H,23,26)/t12-,13-/m0/s1. The van der Waals surface area contributed by atoms with Crippen molar-refractivity contribution in [3.8, 4) is 0 Å². The average molecular weight is 404 g/mol. The van der Waals surface area contributed by atoms with E-state index in [-0.39, 0.29) is 6.04 Å². The molecular weight excluding hydrogens is 385 g/mol. The van der Waals surface area contributed by atoms with Gasteiger partial charge in [0.05, 0.1) is 6.04 Å². The Morgan fingerprint density at radius 2 is 1.75 bits per heavy atom. The molecule has 0 aliphatic carbocycles. The van der Waals surface area contributed by atoms with Crippen LogP contribution in [0.4, 0.5) is 14.9 Å². The maximum atomic E-state index is 13.1. The molecule has 1 heterocycles. The molecule has 146 valence electrons. The third kappa shape index (κ3) is 3.99. The zero-order valence-electron chi connectivity index (χ0n) is 15.4. The summed E-state index contributed by atoms with van der Waals surface area (Å²) in [5.74, 6) is -1.39. The number of urea groups is 1. The highest BCUT2D eigenvalue weighted by Crippen LogP contribution is 2.26. The van der Waals surface area contributed by atoms with Crippen molar-refractivity contribution in [3.63, 3.8) is 0 Å². The van der Waals surface area contributed by atoms with Crippen molar-refractivity contribution in [1.82, 2.24) is 10.2 Å². The van der Waals surface area contributed by atoms with E-state index in [1.165, 1.54) is 29.2 Å². The van der Waals surface area contributed by atoms with Gasteiger partial charge in [-0.2, -0.15) is 0 Å². The summed E-state index contributed by atoms with van der Waals surface area (Å²) in [7, 11) is 0. The van der Waals surface area contributed by atoms with Gasteiger partial charge in [-0.3, -0.25) is 19.4 Å². The Balaban J connectivity index is 1.68. The van der Waals surface area contributed by atoms with Crippen LogP contribution in [0.2, 0.25) is 5.02 Å². The van der Waals surface area contributed by atoms with Gasteiger partial charge in [-0.1, -0.05) is 23.7 Å². The second-order valence-corrected chi connectivity index (χ2v) is 7.01. The Bertz CT molecular complexity index is 902. The van der Waals surface area contributed by atoms with Crippen molar-refractivity contribution in [2.75, 3.05) is 11.4 Å². The van der Waals surface area contributed by atoms with Crippen LogP contribution in [-0.2, 0) is 9.59 Å². The molecule has 6 nitrogen and oxygen atoms in total. The van der Waals surface area contributed by atoms with Crippen LogP contribution in [0.15, 0.2) is 48.5 Å². The Kier molecular flexibility index (Phi) is 5.65. The minimum atomic E-state index is -0.778. The van der Waals surface area contributed by atoms with E-state index in [4.69, 9.17) is 11.6 Å². The van der Waals surface area contributed by atoms with E-state index >= 15 is 0 Å². The maximum Gasteiger partial charge on any atom is 0.332 e. The topological polar surface area (TPSA) is 69.7 Å². The molecule has 0 saturated carbocycles. The lowest BCUT2D eigenvalue weighted by Crippen LogP contribution is -2.42. The molecular formula is C20H19ClFN3O3. The third-order valence-electron chi connectivity index (χ3n) is 4.60. The van der Waals surface area contributed by atoms with Crippen molar-refractivity contribution in [3.05, 3.63) is 64.9 Å². The van der Waals surface area contributed by atoms with Gasteiger partial charge in [0.15, 0.2) is 0 Å². The first-order chi connectivity index (χ1) is 13.3. The molecule has 1 saturated heterocycles. The first kappa shape index (κ1) is 19.8. The highest BCUT2D eigenvalue weighted by atomic mass is 35.5. The van der Waals surface area contributed by atoms with Crippen molar-refractivity contribution in [2.45, 2.75) is 25.9 Å². The van der Waals surface area contributed by atoms with Crippen LogP contribution >= 0.6 is 11.6 Å². The SMILES string of the molecule is C[C@H](NC(=O)CN1C(=O)[C@H](C)N(c2ccc(F)cc2)C1=O)c1ccc(Cl)cc1. The number of rotatable bonds is 5. The molecule has 8 heteroatoms. The van der Waals surface area contributed by atoms with Crippen LogP contribution in [-0.4, -0.2) is 35.3 Å². The number of hydrogen-bond donors (Lipinski definition) is 1. The van der Waals surface area contributed by atoms with Gasteiger partial charge in [-0.05, 0) is 55.8 Å². The zero-order chi connectivity index (χ0) is 20.4. The first-order valence-corrected chi connectivity index (χ1v) is 9.10. The number of carbonyl (C=O) groups is 3. The van der Waals surface area contributed by atoms with Gasteiger partial charge >= 0.3 is 6.03 Å². The van der Waals surface area contributed by atoms with E-state index in [1.54, 1.807) is 38.1 Å². The van der Waals surface area contributed by atoms with Gasteiger partial charge < -0.3 is 5.32 Å². The quantitative estimate of drug-likeness (QED) is 0.776. The summed E-state index contributed by atoms with van der Waals surface area (Å²) >= 11 is 5.86. The molecule has 1 N–H and O–H groups in total. The average Bonchev–Trinajstić information content (AvgIpc) is 2.86. The molecule has 0 bridgehead atoms. The highest BCUT2D eigenvalue weighted by molar-refractivity contribution is 6.30. The largest absolute Gasteiger partial charge is 0.348 e. The smallest absolute Gasteiger partial charge is 0.332 e. The Labute approximate surface area is 166 Å². The fourth-order valence-electron chi connectivity index (χ4n) is 3.07. The first-order valence-electron chi connectivity index (χ1n) is 8.73. The maximum absolute atomic E-state index is 13.1. The van der Waals surface area contributed by atoms with Gasteiger partial charge in [-0.25, -0.2) is 9.18 Å². The van der Waals surface area contributed by atoms with Gasteiger partial charge in [0.2, 0.25) is 5.91 Å². The second kappa shape index (κ2) is 7.98. The number of carbonyl (C=O) groups excluding carboxylic acids is 3. The lowest BCUT2D eigenvalue weighted by Gasteiger charge is -2.20. The molecule has 28 heavy (non-hydrogen) atoms. The molecule has 2 aromatic rings. The monoisotopic (exact) mass is 403 g/mol. The Morgan fingerprint density at radius 1 is 1.14 bits per heavy atom.